The van der Waals surface area contributed by atoms with E-state index >= 15 is 0 Å². The first-order valence-corrected chi connectivity index (χ1v) is 7.01. The van der Waals surface area contributed by atoms with Crippen LogP contribution >= 0.6 is 9.07 Å². The fourth-order valence-electron chi connectivity index (χ4n) is 0.883. The van der Waals surface area contributed by atoms with E-state index in [1.807, 2.05) is 0 Å². The molecule has 2 heteroatoms. The highest BCUT2D eigenvalue weighted by atomic mass is 35.5. The molecule has 0 aromatic heterocycles. The van der Waals surface area contributed by atoms with Gasteiger partial charge in [-0.2, -0.15) is 0 Å². The molecule has 0 heterocycles. The SMILES string of the molecule is CCCC[C@@H](C)[CH2][Mg][Cl]. The van der Waals surface area contributed by atoms with E-state index in [-0.39, 0.29) is 19.3 Å². The minimum atomic E-state index is -0.189. The Hall–Kier alpha value is 1.06. The highest BCUT2D eigenvalue weighted by Gasteiger charge is 2.01. The van der Waals surface area contributed by atoms with Gasteiger partial charge in [-0.25, -0.2) is 0 Å². The standard InChI is InChI=1S/C7H15.ClH.Mg/c1-4-5-6-7(2)3;;/h7H,2,4-6H2,1,3H3;1H;/q;;+1/p-1/t7-;;/m1../s1. The Labute approximate surface area is 71.9 Å². The molecule has 0 aliphatic heterocycles. The van der Waals surface area contributed by atoms with Gasteiger partial charge in [-0.05, 0) is 0 Å². The third-order valence-electron chi connectivity index (χ3n) is 1.65. The number of hydrogen-bond donors (Lipinski definition) is 0. The van der Waals surface area contributed by atoms with Gasteiger partial charge in [0.05, 0.1) is 0 Å². The van der Waals surface area contributed by atoms with E-state index in [4.69, 9.17) is 9.07 Å². The van der Waals surface area contributed by atoms with E-state index in [1.54, 1.807) is 0 Å². The van der Waals surface area contributed by atoms with Crippen LogP contribution in [0, 0.1) is 5.92 Å². The zero-order valence-electron chi connectivity index (χ0n) is 6.49. The maximum absolute atomic E-state index is 5.71. The Morgan fingerprint density at radius 2 is 2.22 bits per heavy atom. The number of unbranched alkanes of at least 4 members (excludes halogenated alkanes) is 1. The van der Waals surface area contributed by atoms with Crippen molar-refractivity contribution in [3.05, 3.63) is 0 Å². The van der Waals surface area contributed by atoms with Crippen LogP contribution in [-0.2, 0) is 0 Å². The molecule has 1 atom stereocenters. The molecule has 0 aliphatic rings. The summed E-state index contributed by atoms with van der Waals surface area (Å²) in [5.41, 5.74) is 0. The molecule has 0 fully saturated rings. The fraction of sp³-hybridized carbons (Fsp3) is 1.00. The van der Waals surface area contributed by atoms with Crippen LogP contribution in [0.4, 0.5) is 0 Å². The van der Waals surface area contributed by atoms with E-state index in [2.05, 4.69) is 13.8 Å². The first-order chi connectivity index (χ1) is 4.31. The van der Waals surface area contributed by atoms with Gasteiger partial charge in [0.15, 0.2) is 0 Å². The van der Waals surface area contributed by atoms with Crippen molar-refractivity contribution in [2.75, 3.05) is 0 Å². The molecule has 0 N–H and O–H groups in total. The van der Waals surface area contributed by atoms with Crippen molar-refractivity contribution in [3.63, 3.8) is 0 Å². The van der Waals surface area contributed by atoms with Gasteiger partial charge in [-0.15, -0.1) is 4.55 Å². The van der Waals surface area contributed by atoms with Crippen LogP contribution in [0.2, 0.25) is 4.55 Å². The van der Waals surface area contributed by atoms with Gasteiger partial charge in [0.1, 0.15) is 0 Å². The minimum Gasteiger partial charge on any atom is -0.346 e. The summed E-state index contributed by atoms with van der Waals surface area (Å²) in [4.78, 5) is 0. The average Bonchev–Trinajstić information content (AvgIpc) is 1.85. The molecule has 0 saturated heterocycles. The number of rotatable bonds is 5. The summed E-state index contributed by atoms with van der Waals surface area (Å²) in [5.74, 6) is 0.897. The summed E-state index contributed by atoms with van der Waals surface area (Å²) in [7, 11) is 5.71. The second-order valence-corrected chi connectivity index (χ2v) is 4.81. The predicted molar refractivity (Wildman–Crippen MR) is 45.1 cm³/mol. The first kappa shape index (κ1) is 10.1. The highest BCUT2D eigenvalue weighted by Crippen LogP contribution is 2.11. The zero-order chi connectivity index (χ0) is 7.11. The maximum atomic E-state index is 5.71. The molecule has 0 unspecified atom stereocenters. The third-order valence-corrected chi connectivity index (χ3v) is 3.51. The molecular weight excluding hydrogens is 144 g/mol. The van der Waals surface area contributed by atoms with Crippen molar-refractivity contribution in [1.29, 1.82) is 0 Å². The molecule has 0 spiro atoms. The lowest BCUT2D eigenvalue weighted by Crippen LogP contribution is -1.95. The van der Waals surface area contributed by atoms with Crippen LogP contribution in [0.1, 0.15) is 33.1 Å². The van der Waals surface area contributed by atoms with Gasteiger partial charge >= 0.3 is 19.3 Å². The van der Waals surface area contributed by atoms with Gasteiger partial charge in [0, 0.05) is 0 Å². The molecule has 0 rings (SSSR count). The molecule has 0 radical (unpaired) electrons. The van der Waals surface area contributed by atoms with Crippen molar-refractivity contribution >= 4 is 28.3 Å². The lowest BCUT2D eigenvalue weighted by atomic mass is 10.1. The van der Waals surface area contributed by atoms with E-state index in [1.165, 1.54) is 23.8 Å². The smallest absolute Gasteiger partial charge is 0.346 e. The van der Waals surface area contributed by atoms with Crippen molar-refractivity contribution in [2.24, 2.45) is 5.92 Å². The molecule has 0 aliphatic carbocycles. The molecule has 0 saturated carbocycles. The van der Waals surface area contributed by atoms with Crippen LogP contribution < -0.4 is 0 Å². The molecule has 0 nitrogen and oxygen atoms in total. The maximum Gasteiger partial charge on any atom is 0.501 e. The predicted octanol–water partition coefficient (Wildman–Crippen LogP) is 3.09. The Kier molecular flexibility index (Phi) is 8.01. The Morgan fingerprint density at radius 1 is 1.56 bits per heavy atom. The summed E-state index contributed by atoms with van der Waals surface area (Å²) in [6.45, 7) is 4.55. The molecule has 52 valence electrons. The molecule has 0 amide bonds. The van der Waals surface area contributed by atoms with Gasteiger partial charge in [-0.1, -0.05) is 39.0 Å². The monoisotopic (exact) mass is 158 g/mol. The Balaban J connectivity index is 2.95. The molecular formula is C7H15ClMg. The van der Waals surface area contributed by atoms with Gasteiger partial charge in [-0.3, -0.25) is 0 Å². The van der Waals surface area contributed by atoms with E-state index in [0.29, 0.717) is 0 Å². The lowest BCUT2D eigenvalue weighted by molar-refractivity contribution is 0.549. The Morgan fingerprint density at radius 3 is 2.67 bits per heavy atom. The van der Waals surface area contributed by atoms with E-state index < -0.39 is 0 Å². The topological polar surface area (TPSA) is 0 Å². The molecule has 0 aromatic rings. The van der Waals surface area contributed by atoms with Crippen LogP contribution in [0.15, 0.2) is 0 Å². The van der Waals surface area contributed by atoms with Crippen molar-refractivity contribution < 1.29 is 0 Å². The van der Waals surface area contributed by atoms with Crippen molar-refractivity contribution in [3.8, 4) is 0 Å². The quantitative estimate of drug-likeness (QED) is 0.540. The fourth-order valence-corrected chi connectivity index (χ4v) is 2.66. The molecule has 0 aromatic carbocycles. The van der Waals surface area contributed by atoms with E-state index in [0.717, 1.165) is 5.92 Å². The summed E-state index contributed by atoms with van der Waals surface area (Å²) in [6, 6.07) is 0. The second kappa shape index (κ2) is 7.17. The van der Waals surface area contributed by atoms with Gasteiger partial charge in [0.25, 0.3) is 0 Å². The number of halogens is 1. The van der Waals surface area contributed by atoms with E-state index in [9.17, 15) is 0 Å². The van der Waals surface area contributed by atoms with Gasteiger partial charge < -0.3 is 9.07 Å². The Bertz CT molecular complexity index is 56.9. The van der Waals surface area contributed by atoms with Crippen LogP contribution in [-0.4, -0.2) is 19.3 Å². The largest absolute Gasteiger partial charge is 0.501 e. The van der Waals surface area contributed by atoms with Crippen LogP contribution in [0.3, 0.4) is 0 Å². The average molecular weight is 159 g/mol. The lowest BCUT2D eigenvalue weighted by Gasteiger charge is -2.06. The molecule has 0 bridgehead atoms. The second-order valence-electron chi connectivity index (χ2n) is 2.73. The normalized spacial score (nSPS) is 12.8. The summed E-state index contributed by atoms with van der Waals surface area (Å²) < 4.78 is 1.32. The van der Waals surface area contributed by atoms with Crippen LogP contribution in [0.5, 0.6) is 0 Å². The van der Waals surface area contributed by atoms with Crippen molar-refractivity contribution in [1.82, 2.24) is 0 Å². The zero-order valence-corrected chi connectivity index (χ0v) is 8.66. The van der Waals surface area contributed by atoms with Gasteiger partial charge in [0.2, 0.25) is 0 Å². The minimum absolute atomic E-state index is 0.189. The summed E-state index contributed by atoms with van der Waals surface area (Å²) in [5, 5.41) is 0. The van der Waals surface area contributed by atoms with Crippen molar-refractivity contribution in [2.45, 2.75) is 37.7 Å². The summed E-state index contributed by atoms with van der Waals surface area (Å²) >= 11 is -0.189. The summed E-state index contributed by atoms with van der Waals surface area (Å²) in [6.07, 6.45) is 4.09. The third kappa shape index (κ3) is 6.95. The molecule has 9 heavy (non-hydrogen) atoms. The first-order valence-electron chi connectivity index (χ1n) is 3.87. The van der Waals surface area contributed by atoms with Crippen LogP contribution in [0.25, 0.3) is 0 Å². The highest BCUT2D eigenvalue weighted by molar-refractivity contribution is 6.93. The number of hydrogen-bond acceptors (Lipinski definition) is 0.